The lowest BCUT2D eigenvalue weighted by molar-refractivity contribution is -0.139. The van der Waals surface area contributed by atoms with Crippen LogP contribution < -0.4 is 14.8 Å². The van der Waals surface area contributed by atoms with Gasteiger partial charge in [-0.05, 0) is 43.5 Å². The molecule has 1 heterocycles. The van der Waals surface area contributed by atoms with Gasteiger partial charge in [-0.15, -0.1) is 0 Å². The number of carbonyl (C=O) groups excluding carboxylic acids is 1. The van der Waals surface area contributed by atoms with Gasteiger partial charge in [0.05, 0.1) is 12.7 Å². The van der Waals surface area contributed by atoms with E-state index in [0.29, 0.717) is 31.1 Å². The number of carboxylic acids is 1. The molecule has 1 aliphatic heterocycles. The van der Waals surface area contributed by atoms with Crippen LogP contribution in [0.5, 0.6) is 11.5 Å². The van der Waals surface area contributed by atoms with Gasteiger partial charge < -0.3 is 24.6 Å². The van der Waals surface area contributed by atoms with Gasteiger partial charge in [0.1, 0.15) is 11.6 Å². The number of rotatable bonds is 9. The molecule has 1 atom stereocenters. The molecule has 0 spiro atoms. The van der Waals surface area contributed by atoms with Crippen molar-refractivity contribution in [2.24, 2.45) is 0 Å². The second-order valence-corrected chi connectivity index (χ2v) is 5.84. The summed E-state index contributed by atoms with van der Waals surface area (Å²) < 4.78 is 16.1. The van der Waals surface area contributed by atoms with Gasteiger partial charge in [-0.1, -0.05) is 6.07 Å². The molecule has 1 aliphatic rings. The van der Waals surface area contributed by atoms with Crippen LogP contribution in [-0.4, -0.2) is 49.5 Å². The van der Waals surface area contributed by atoms with E-state index < -0.39 is 18.5 Å². The van der Waals surface area contributed by atoms with Crippen LogP contribution in [-0.2, 0) is 14.3 Å². The Morgan fingerprint density at radius 2 is 2.22 bits per heavy atom. The maximum Gasteiger partial charge on any atom is 0.341 e. The van der Waals surface area contributed by atoms with Gasteiger partial charge in [-0.3, -0.25) is 4.79 Å². The van der Waals surface area contributed by atoms with E-state index in [-0.39, 0.29) is 17.4 Å². The zero-order valence-corrected chi connectivity index (χ0v) is 15.1. The fraction of sp³-hybridized carbons (Fsp3) is 0.421. The molecule has 0 unspecified atom stereocenters. The first-order valence-corrected chi connectivity index (χ1v) is 8.66. The highest BCUT2D eigenvalue weighted by molar-refractivity contribution is 6.01. The number of hydrogen-bond acceptors (Lipinski definition) is 6. The summed E-state index contributed by atoms with van der Waals surface area (Å²) in [4.78, 5) is 22.9. The van der Waals surface area contributed by atoms with E-state index in [4.69, 9.17) is 19.3 Å². The molecule has 27 heavy (non-hydrogen) atoms. The number of amides is 1. The van der Waals surface area contributed by atoms with E-state index in [1.54, 1.807) is 25.1 Å². The Balaban J connectivity index is 2.11. The number of carboxylic acid groups (broad SMARTS) is 1. The maximum atomic E-state index is 12.2. The smallest absolute Gasteiger partial charge is 0.341 e. The minimum atomic E-state index is -1.10. The number of ether oxygens (including phenoxy) is 3. The molecule has 2 N–H and O–H groups in total. The number of nitrogens with one attached hydrogen (secondary N) is 1. The second kappa shape index (κ2) is 10.2. The highest BCUT2D eigenvalue weighted by Gasteiger charge is 2.18. The van der Waals surface area contributed by atoms with Crippen LogP contribution in [0.15, 0.2) is 23.8 Å². The van der Waals surface area contributed by atoms with Crippen LogP contribution in [0.2, 0.25) is 0 Å². The average Bonchev–Trinajstić information content (AvgIpc) is 3.17. The fourth-order valence-corrected chi connectivity index (χ4v) is 2.56. The van der Waals surface area contributed by atoms with Crippen LogP contribution in [0.25, 0.3) is 6.08 Å². The fourth-order valence-electron chi connectivity index (χ4n) is 2.56. The van der Waals surface area contributed by atoms with Gasteiger partial charge in [0, 0.05) is 13.2 Å². The molecule has 1 aromatic rings. The summed E-state index contributed by atoms with van der Waals surface area (Å²) in [6.07, 6.45) is 3.29. The van der Waals surface area contributed by atoms with Gasteiger partial charge in [0.25, 0.3) is 5.91 Å². The van der Waals surface area contributed by atoms with Crippen LogP contribution in [0.3, 0.4) is 0 Å². The van der Waals surface area contributed by atoms with Crippen molar-refractivity contribution in [2.75, 3.05) is 26.4 Å². The minimum absolute atomic E-state index is 0.0101. The summed E-state index contributed by atoms with van der Waals surface area (Å²) in [5.74, 6) is -0.962. The summed E-state index contributed by atoms with van der Waals surface area (Å²) >= 11 is 0. The Morgan fingerprint density at radius 1 is 1.41 bits per heavy atom. The molecular formula is C19H22N2O6. The molecule has 8 nitrogen and oxygen atoms in total. The van der Waals surface area contributed by atoms with Crippen LogP contribution in [0.1, 0.15) is 25.3 Å². The molecule has 1 amide bonds. The van der Waals surface area contributed by atoms with Gasteiger partial charge in [-0.2, -0.15) is 5.26 Å². The quantitative estimate of drug-likeness (QED) is 0.499. The van der Waals surface area contributed by atoms with E-state index >= 15 is 0 Å². The lowest BCUT2D eigenvalue weighted by atomic mass is 10.1. The van der Waals surface area contributed by atoms with E-state index in [2.05, 4.69) is 5.32 Å². The van der Waals surface area contributed by atoms with Gasteiger partial charge >= 0.3 is 5.97 Å². The average molecular weight is 374 g/mol. The zero-order chi connectivity index (χ0) is 19.6. The Kier molecular flexibility index (Phi) is 7.64. The van der Waals surface area contributed by atoms with E-state index in [9.17, 15) is 14.9 Å². The van der Waals surface area contributed by atoms with Gasteiger partial charge in [0.15, 0.2) is 18.1 Å². The third-order valence-corrected chi connectivity index (χ3v) is 3.81. The molecule has 0 bridgehead atoms. The van der Waals surface area contributed by atoms with Gasteiger partial charge in [0.2, 0.25) is 0 Å². The number of nitriles is 1. The van der Waals surface area contributed by atoms with Crippen molar-refractivity contribution in [1.29, 1.82) is 5.26 Å². The molecular weight excluding hydrogens is 352 g/mol. The van der Waals surface area contributed by atoms with E-state index in [1.165, 1.54) is 6.08 Å². The largest absolute Gasteiger partial charge is 0.490 e. The lowest BCUT2D eigenvalue weighted by Crippen LogP contribution is -2.32. The summed E-state index contributed by atoms with van der Waals surface area (Å²) in [5.41, 5.74) is 0.514. The van der Waals surface area contributed by atoms with Crippen LogP contribution in [0.4, 0.5) is 0 Å². The normalized spacial score (nSPS) is 16.4. The topological polar surface area (TPSA) is 118 Å². The van der Waals surface area contributed by atoms with Crippen molar-refractivity contribution in [1.82, 2.24) is 5.32 Å². The summed E-state index contributed by atoms with van der Waals surface area (Å²) in [5, 5.41) is 20.7. The predicted molar refractivity (Wildman–Crippen MR) is 96.3 cm³/mol. The summed E-state index contributed by atoms with van der Waals surface area (Å²) in [6, 6.07) is 6.64. The predicted octanol–water partition coefficient (Wildman–Crippen LogP) is 1.75. The molecule has 0 saturated carbocycles. The highest BCUT2D eigenvalue weighted by Crippen LogP contribution is 2.29. The number of aliphatic carboxylic acids is 1. The molecule has 8 heteroatoms. The third-order valence-electron chi connectivity index (χ3n) is 3.81. The minimum Gasteiger partial charge on any atom is -0.490 e. The number of hydrogen-bond donors (Lipinski definition) is 2. The summed E-state index contributed by atoms with van der Waals surface area (Å²) in [6.45, 7) is 2.69. The molecule has 2 rings (SSSR count). The number of benzene rings is 1. The highest BCUT2D eigenvalue weighted by atomic mass is 16.5. The Morgan fingerprint density at radius 3 is 2.85 bits per heavy atom. The van der Waals surface area contributed by atoms with Crippen molar-refractivity contribution in [3.8, 4) is 17.6 Å². The molecule has 144 valence electrons. The van der Waals surface area contributed by atoms with Crippen molar-refractivity contribution >= 4 is 18.0 Å². The first-order valence-electron chi connectivity index (χ1n) is 8.66. The second-order valence-electron chi connectivity index (χ2n) is 5.84. The molecule has 1 fully saturated rings. The zero-order valence-electron chi connectivity index (χ0n) is 15.1. The van der Waals surface area contributed by atoms with E-state index in [0.717, 1.165) is 12.8 Å². The third kappa shape index (κ3) is 6.31. The Labute approximate surface area is 157 Å². The van der Waals surface area contributed by atoms with E-state index in [1.807, 2.05) is 6.07 Å². The molecule has 0 aliphatic carbocycles. The first-order chi connectivity index (χ1) is 13.0. The summed E-state index contributed by atoms with van der Waals surface area (Å²) in [7, 11) is 0. The van der Waals surface area contributed by atoms with Crippen molar-refractivity contribution in [3.05, 3.63) is 29.3 Å². The standard InChI is InChI=1S/C19H22N2O6/c1-2-25-17-9-13(5-6-16(17)27-12-18(22)23)8-14(10-20)19(24)21-11-15-4-3-7-26-15/h5-6,8-9,15H,2-4,7,11-12H2,1H3,(H,21,24)(H,22,23)/b14-8+/t15-/m0/s1. The SMILES string of the molecule is CCOc1cc(/C=C(\C#N)C(=O)NC[C@@H]2CCCO2)ccc1OCC(=O)O. The van der Waals surface area contributed by atoms with Gasteiger partial charge in [-0.25, -0.2) is 4.79 Å². The monoisotopic (exact) mass is 374 g/mol. The maximum absolute atomic E-state index is 12.2. The Bertz CT molecular complexity index is 747. The molecule has 0 radical (unpaired) electrons. The van der Waals surface area contributed by atoms with Crippen molar-refractivity contribution < 1.29 is 28.9 Å². The van der Waals surface area contributed by atoms with Crippen LogP contribution in [0, 0.1) is 11.3 Å². The van der Waals surface area contributed by atoms with Crippen LogP contribution >= 0.6 is 0 Å². The molecule has 0 aromatic heterocycles. The molecule has 1 saturated heterocycles. The first kappa shape index (κ1) is 20.3. The van der Waals surface area contributed by atoms with Crippen molar-refractivity contribution in [3.63, 3.8) is 0 Å². The number of nitrogens with zero attached hydrogens (tertiary/aromatic N) is 1. The number of carbonyl (C=O) groups is 2. The lowest BCUT2D eigenvalue weighted by Gasteiger charge is -2.12. The molecule has 1 aromatic carbocycles. The van der Waals surface area contributed by atoms with Crippen molar-refractivity contribution in [2.45, 2.75) is 25.9 Å². The Hall–Kier alpha value is -3.05.